The summed E-state index contributed by atoms with van der Waals surface area (Å²) in [6, 6.07) is 5.56. The van der Waals surface area contributed by atoms with Crippen molar-refractivity contribution in [2.24, 2.45) is 0 Å². The molecule has 0 aliphatic rings. The summed E-state index contributed by atoms with van der Waals surface area (Å²) in [7, 11) is 0. The van der Waals surface area contributed by atoms with Gasteiger partial charge in [0, 0.05) is 0 Å². The highest BCUT2D eigenvalue weighted by atomic mass is 19.1. The van der Waals surface area contributed by atoms with Gasteiger partial charge in [0.25, 0.3) is 0 Å². The van der Waals surface area contributed by atoms with Crippen molar-refractivity contribution in [2.45, 2.75) is 20.0 Å². The van der Waals surface area contributed by atoms with Crippen LogP contribution >= 0.6 is 0 Å². The molecule has 0 aliphatic carbocycles. The number of carbonyl (C=O) groups is 1. The summed E-state index contributed by atoms with van der Waals surface area (Å²) in [5, 5.41) is 0. The Morgan fingerprint density at radius 3 is 2.33 bits per heavy atom. The first-order valence-electron chi connectivity index (χ1n) is 4.66. The van der Waals surface area contributed by atoms with E-state index >= 15 is 0 Å². The van der Waals surface area contributed by atoms with Crippen LogP contribution in [-0.4, -0.2) is 12.1 Å². The summed E-state index contributed by atoms with van der Waals surface area (Å²) in [6.45, 7) is 7.13. The van der Waals surface area contributed by atoms with Gasteiger partial charge in [-0.1, -0.05) is 18.7 Å². The minimum Gasteiger partial charge on any atom is -0.459 e. The van der Waals surface area contributed by atoms with Gasteiger partial charge < -0.3 is 4.74 Å². The lowest BCUT2D eigenvalue weighted by molar-refractivity contribution is -0.140. The highest BCUT2D eigenvalue weighted by Gasteiger charge is 2.12. The monoisotopic (exact) mass is 208 g/mol. The fourth-order valence-electron chi connectivity index (χ4n) is 1.05. The lowest BCUT2D eigenvalue weighted by atomic mass is 10.1. The first-order chi connectivity index (χ1) is 7.00. The maximum atomic E-state index is 12.6. The van der Waals surface area contributed by atoms with Crippen LogP contribution in [0.25, 0.3) is 5.57 Å². The molecule has 0 saturated heterocycles. The van der Waals surface area contributed by atoms with Crippen molar-refractivity contribution in [3.05, 3.63) is 42.2 Å². The van der Waals surface area contributed by atoms with Gasteiger partial charge in [-0.05, 0) is 31.5 Å². The van der Waals surface area contributed by atoms with E-state index in [9.17, 15) is 9.18 Å². The maximum absolute atomic E-state index is 12.6. The third-order valence-corrected chi connectivity index (χ3v) is 1.78. The van der Waals surface area contributed by atoms with Crippen LogP contribution in [0.2, 0.25) is 0 Å². The topological polar surface area (TPSA) is 26.3 Å². The maximum Gasteiger partial charge on any atom is 0.338 e. The number of hydrogen-bond donors (Lipinski definition) is 0. The molecule has 0 unspecified atom stereocenters. The molecule has 1 rings (SSSR count). The van der Waals surface area contributed by atoms with E-state index < -0.39 is 5.97 Å². The number of hydrogen-bond acceptors (Lipinski definition) is 2. The van der Waals surface area contributed by atoms with E-state index in [-0.39, 0.29) is 17.5 Å². The summed E-state index contributed by atoms with van der Waals surface area (Å²) < 4.78 is 17.6. The van der Waals surface area contributed by atoms with Gasteiger partial charge in [0.05, 0.1) is 11.7 Å². The van der Waals surface area contributed by atoms with Crippen molar-refractivity contribution in [3.8, 4) is 0 Å². The number of ether oxygens (including phenoxy) is 1. The summed E-state index contributed by atoms with van der Waals surface area (Å²) >= 11 is 0. The lowest BCUT2D eigenvalue weighted by Gasteiger charge is -2.09. The molecule has 80 valence electrons. The zero-order chi connectivity index (χ0) is 11.4. The quantitative estimate of drug-likeness (QED) is 0.564. The minimum absolute atomic E-state index is 0.185. The zero-order valence-corrected chi connectivity index (χ0v) is 8.79. The van der Waals surface area contributed by atoms with Crippen molar-refractivity contribution >= 4 is 11.5 Å². The van der Waals surface area contributed by atoms with E-state index in [1.165, 1.54) is 24.3 Å². The third-order valence-electron chi connectivity index (χ3n) is 1.78. The van der Waals surface area contributed by atoms with Crippen LogP contribution in [0.1, 0.15) is 19.4 Å². The highest BCUT2D eigenvalue weighted by Crippen LogP contribution is 2.15. The van der Waals surface area contributed by atoms with E-state index in [0.717, 1.165) is 0 Å². The Morgan fingerprint density at radius 2 is 1.87 bits per heavy atom. The van der Waals surface area contributed by atoms with Gasteiger partial charge >= 0.3 is 5.97 Å². The molecule has 0 spiro atoms. The molecule has 2 nitrogen and oxygen atoms in total. The molecule has 0 aromatic heterocycles. The fraction of sp³-hybridized carbons (Fsp3) is 0.250. The number of carbonyl (C=O) groups excluding carboxylic acids is 1. The van der Waals surface area contributed by atoms with Gasteiger partial charge in [-0.25, -0.2) is 9.18 Å². The molecular formula is C12H13FO2. The third kappa shape index (κ3) is 3.20. The lowest BCUT2D eigenvalue weighted by Crippen LogP contribution is -2.12. The van der Waals surface area contributed by atoms with Crippen LogP contribution in [-0.2, 0) is 9.53 Å². The Kier molecular flexibility index (Phi) is 3.61. The summed E-state index contributed by atoms with van der Waals surface area (Å²) in [6.07, 6.45) is -0.185. The van der Waals surface area contributed by atoms with Gasteiger partial charge in [0.15, 0.2) is 0 Å². The molecule has 0 aliphatic heterocycles. The first-order valence-corrected chi connectivity index (χ1v) is 4.66. The van der Waals surface area contributed by atoms with Crippen LogP contribution in [0.15, 0.2) is 30.8 Å². The average Bonchev–Trinajstić information content (AvgIpc) is 2.17. The predicted molar refractivity (Wildman–Crippen MR) is 56.7 cm³/mol. The Hall–Kier alpha value is -1.64. The Balaban J connectivity index is 2.76. The van der Waals surface area contributed by atoms with Crippen LogP contribution < -0.4 is 0 Å². The second kappa shape index (κ2) is 4.73. The molecule has 0 saturated carbocycles. The Labute approximate surface area is 88.4 Å². The number of benzene rings is 1. The van der Waals surface area contributed by atoms with Crippen LogP contribution in [0.4, 0.5) is 4.39 Å². The van der Waals surface area contributed by atoms with Gasteiger partial charge in [0.2, 0.25) is 0 Å². The minimum atomic E-state index is -0.475. The zero-order valence-electron chi connectivity index (χ0n) is 8.79. The molecule has 1 aromatic carbocycles. The standard InChI is InChI=1S/C12H13FO2/c1-8(2)15-12(14)9(3)10-4-6-11(13)7-5-10/h4-8H,3H2,1-2H3. The van der Waals surface area contributed by atoms with E-state index in [4.69, 9.17) is 4.74 Å². The molecule has 0 amide bonds. The average molecular weight is 208 g/mol. The van der Waals surface area contributed by atoms with E-state index in [2.05, 4.69) is 6.58 Å². The van der Waals surface area contributed by atoms with Gasteiger partial charge in [-0.15, -0.1) is 0 Å². The summed E-state index contributed by atoms with van der Waals surface area (Å²) in [4.78, 5) is 11.4. The van der Waals surface area contributed by atoms with Crippen molar-refractivity contribution in [2.75, 3.05) is 0 Å². The second-order valence-corrected chi connectivity index (χ2v) is 3.44. The second-order valence-electron chi connectivity index (χ2n) is 3.44. The van der Waals surface area contributed by atoms with E-state index in [0.29, 0.717) is 5.56 Å². The smallest absolute Gasteiger partial charge is 0.338 e. The van der Waals surface area contributed by atoms with Crippen LogP contribution in [0.3, 0.4) is 0 Å². The molecule has 0 N–H and O–H groups in total. The van der Waals surface area contributed by atoms with Crippen LogP contribution in [0, 0.1) is 5.82 Å². The van der Waals surface area contributed by atoms with Crippen molar-refractivity contribution in [1.82, 2.24) is 0 Å². The predicted octanol–water partition coefficient (Wildman–Crippen LogP) is 2.79. The molecule has 0 atom stereocenters. The number of halogens is 1. The summed E-state index contributed by atoms with van der Waals surface area (Å²) in [5.41, 5.74) is 0.811. The molecule has 1 aromatic rings. The number of rotatable bonds is 3. The largest absolute Gasteiger partial charge is 0.459 e. The summed E-state index contributed by atoms with van der Waals surface area (Å²) in [5.74, 6) is -0.819. The molecule has 0 heterocycles. The first kappa shape index (κ1) is 11.4. The normalized spacial score (nSPS) is 10.1. The van der Waals surface area contributed by atoms with Crippen molar-refractivity contribution in [3.63, 3.8) is 0 Å². The van der Waals surface area contributed by atoms with Gasteiger partial charge in [-0.2, -0.15) is 0 Å². The molecular weight excluding hydrogens is 195 g/mol. The molecule has 0 radical (unpaired) electrons. The molecule has 3 heteroatoms. The molecule has 15 heavy (non-hydrogen) atoms. The van der Waals surface area contributed by atoms with E-state index in [1.807, 2.05) is 0 Å². The van der Waals surface area contributed by atoms with Crippen molar-refractivity contribution in [1.29, 1.82) is 0 Å². The fourth-order valence-corrected chi connectivity index (χ4v) is 1.05. The van der Waals surface area contributed by atoms with Crippen molar-refractivity contribution < 1.29 is 13.9 Å². The Bertz CT molecular complexity index is 366. The highest BCUT2D eigenvalue weighted by molar-refractivity contribution is 6.15. The van der Waals surface area contributed by atoms with Crippen LogP contribution in [0.5, 0.6) is 0 Å². The number of esters is 1. The molecule has 0 bridgehead atoms. The SMILES string of the molecule is C=C(C(=O)OC(C)C)c1ccc(F)cc1. The molecule has 0 fully saturated rings. The van der Waals surface area contributed by atoms with E-state index in [1.54, 1.807) is 13.8 Å². The van der Waals surface area contributed by atoms with Gasteiger partial charge in [0.1, 0.15) is 5.82 Å². The Morgan fingerprint density at radius 1 is 1.33 bits per heavy atom. The van der Waals surface area contributed by atoms with Gasteiger partial charge in [-0.3, -0.25) is 0 Å².